The molecule has 0 spiro atoms. The van der Waals surface area contributed by atoms with Gasteiger partial charge in [-0.05, 0) is 46.5 Å². The summed E-state index contributed by atoms with van der Waals surface area (Å²) in [5.74, 6) is 0.264. The van der Waals surface area contributed by atoms with E-state index in [1.807, 2.05) is 0 Å². The maximum Gasteiger partial charge on any atom is 0.237 e. The number of rotatable bonds is 4. The highest BCUT2D eigenvalue weighted by Gasteiger charge is 2.28. The zero-order chi connectivity index (χ0) is 12.1. The zero-order valence-electron chi connectivity index (χ0n) is 11.1. The Labute approximate surface area is 99.6 Å². The molecule has 0 aromatic rings. The fourth-order valence-corrected chi connectivity index (χ4v) is 2.41. The van der Waals surface area contributed by atoms with Crippen molar-refractivity contribution in [3.05, 3.63) is 0 Å². The summed E-state index contributed by atoms with van der Waals surface area (Å²) in [6.07, 6.45) is 4.63. The summed E-state index contributed by atoms with van der Waals surface area (Å²) in [6.45, 7) is 9.07. The highest BCUT2D eigenvalue weighted by Crippen LogP contribution is 2.22. The molecule has 1 saturated heterocycles. The van der Waals surface area contributed by atoms with E-state index < -0.39 is 0 Å². The molecule has 1 fully saturated rings. The predicted octanol–water partition coefficient (Wildman–Crippen LogP) is 2.16. The minimum Gasteiger partial charge on any atom is -0.336 e. The van der Waals surface area contributed by atoms with Crippen molar-refractivity contribution < 1.29 is 4.79 Å². The minimum absolute atomic E-state index is 0.264. The predicted molar refractivity (Wildman–Crippen MR) is 67.4 cm³/mol. The number of carbonyl (C=O) groups excluding carboxylic acids is 1. The Bertz CT molecular complexity index is 220. The van der Waals surface area contributed by atoms with Crippen LogP contribution < -0.4 is 5.32 Å². The van der Waals surface area contributed by atoms with E-state index in [2.05, 4.69) is 37.9 Å². The fraction of sp³-hybridized carbons (Fsp3) is 0.923. The molecule has 3 heteroatoms. The molecule has 0 radical (unpaired) electrons. The van der Waals surface area contributed by atoms with Crippen molar-refractivity contribution in [1.82, 2.24) is 10.2 Å². The van der Waals surface area contributed by atoms with Gasteiger partial charge in [0.05, 0.1) is 6.54 Å². The van der Waals surface area contributed by atoms with Gasteiger partial charge in [-0.1, -0.05) is 6.92 Å². The molecule has 1 aliphatic heterocycles. The second-order valence-electron chi connectivity index (χ2n) is 5.12. The van der Waals surface area contributed by atoms with E-state index in [0.29, 0.717) is 24.7 Å². The smallest absolute Gasteiger partial charge is 0.237 e. The van der Waals surface area contributed by atoms with Crippen molar-refractivity contribution in [3.63, 3.8) is 0 Å². The number of nitrogens with zero attached hydrogens (tertiary/aromatic N) is 1. The maximum atomic E-state index is 12.1. The molecule has 0 aromatic heterocycles. The Hall–Kier alpha value is -0.570. The zero-order valence-corrected chi connectivity index (χ0v) is 11.1. The van der Waals surface area contributed by atoms with E-state index in [-0.39, 0.29) is 5.91 Å². The molecule has 0 aliphatic carbocycles. The van der Waals surface area contributed by atoms with Crippen LogP contribution in [0.4, 0.5) is 0 Å². The second kappa shape index (κ2) is 6.24. The average molecular weight is 226 g/mol. The van der Waals surface area contributed by atoms with Crippen molar-refractivity contribution in [1.29, 1.82) is 0 Å². The largest absolute Gasteiger partial charge is 0.336 e. The van der Waals surface area contributed by atoms with Gasteiger partial charge in [0.15, 0.2) is 0 Å². The van der Waals surface area contributed by atoms with Crippen molar-refractivity contribution in [3.8, 4) is 0 Å². The Morgan fingerprint density at radius 3 is 2.44 bits per heavy atom. The molecule has 0 saturated carbocycles. The fourth-order valence-electron chi connectivity index (χ4n) is 2.41. The monoisotopic (exact) mass is 226 g/mol. The van der Waals surface area contributed by atoms with Gasteiger partial charge in [0.1, 0.15) is 0 Å². The topological polar surface area (TPSA) is 32.3 Å². The van der Waals surface area contributed by atoms with Gasteiger partial charge >= 0.3 is 0 Å². The molecule has 1 aliphatic rings. The maximum absolute atomic E-state index is 12.1. The lowest BCUT2D eigenvalue weighted by molar-refractivity contribution is -0.136. The summed E-state index contributed by atoms with van der Waals surface area (Å²) in [6, 6.07) is 1.25. The molecule has 3 nitrogen and oxygen atoms in total. The van der Waals surface area contributed by atoms with E-state index >= 15 is 0 Å². The van der Waals surface area contributed by atoms with Crippen molar-refractivity contribution in [2.24, 2.45) is 0 Å². The normalized spacial score (nSPS) is 27.9. The first-order chi connectivity index (χ1) is 7.56. The van der Waals surface area contributed by atoms with Crippen LogP contribution in [0.5, 0.6) is 0 Å². The van der Waals surface area contributed by atoms with Crippen LogP contribution in [-0.2, 0) is 4.79 Å². The quantitative estimate of drug-likeness (QED) is 0.796. The van der Waals surface area contributed by atoms with E-state index in [0.717, 1.165) is 19.3 Å². The summed E-state index contributed by atoms with van der Waals surface area (Å²) in [5, 5.41) is 3.28. The van der Waals surface area contributed by atoms with Crippen LogP contribution in [0.1, 0.15) is 53.4 Å². The molecule has 1 amide bonds. The Morgan fingerprint density at radius 2 is 1.94 bits per heavy atom. The van der Waals surface area contributed by atoms with E-state index in [4.69, 9.17) is 0 Å². The van der Waals surface area contributed by atoms with E-state index in [9.17, 15) is 4.79 Å². The first-order valence-electron chi connectivity index (χ1n) is 6.60. The molecule has 3 atom stereocenters. The summed E-state index contributed by atoms with van der Waals surface area (Å²) in [7, 11) is 0. The van der Waals surface area contributed by atoms with Crippen LogP contribution in [0.2, 0.25) is 0 Å². The Morgan fingerprint density at radius 1 is 1.38 bits per heavy atom. The van der Waals surface area contributed by atoms with Crippen LogP contribution in [0, 0.1) is 0 Å². The molecule has 1 rings (SSSR count). The van der Waals surface area contributed by atoms with Crippen LogP contribution in [0.15, 0.2) is 0 Å². The molecular formula is C13H26N2O. The second-order valence-corrected chi connectivity index (χ2v) is 5.12. The van der Waals surface area contributed by atoms with Gasteiger partial charge in [-0.25, -0.2) is 0 Å². The van der Waals surface area contributed by atoms with Gasteiger partial charge < -0.3 is 10.2 Å². The van der Waals surface area contributed by atoms with Crippen LogP contribution >= 0.6 is 0 Å². The standard InChI is InChI=1S/C13H26N2O/c1-5-10(2)14-9-13(16)15-11(3)7-6-8-12(15)4/h10-12,14H,5-9H2,1-4H3/t10?,11-,12+. The summed E-state index contributed by atoms with van der Waals surface area (Å²) >= 11 is 0. The van der Waals surface area contributed by atoms with Crippen LogP contribution in [0.25, 0.3) is 0 Å². The van der Waals surface area contributed by atoms with Crippen LogP contribution in [-0.4, -0.2) is 35.5 Å². The lowest BCUT2D eigenvalue weighted by Gasteiger charge is -2.39. The van der Waals surface area contributed by atoms with Gasteiger partial charge in [0, 0.05) is 18.1 Å². The number of piperidine rings is 1. The first kappa shape index (κ1) is 13.5. The molecular weight excluding hydrogens is 200 g/mol. The van der Waals surface area contributed by atoms with Crippen molar-refractivity contribution in [2.45, 2.75) is 71.5 Å². The third-order valence-electron chi connectivity index (χ3n) is 3.70. The minimum atomic E-state index is 0.264. The number of nitrogens with one attached hydrogen (secondary N) is 1. The van der Waals surface area contributed by atoms with Crippen molar-refractivity contribution in [2.75, 3.05) is 6.54 Å². The van der Waals surface area contributed by atoms with Gasteiger partial charge in [0.25, 0.3) is 0 Å². The molecule has 0 aromatic carbocycles. The SMILES string of the molecule is CCC(C)NCC(=O)N1[C@H](C)CCC[C@@H]1C. The lowest BCUT2D eigenvalue weighted by atomic mass is 9.97. The highest BCUT2D eigenvalue weighted by molar-refractivity contribution is 5.79. The molecule has 1 unspecified atom stereocenters. The first-order valence-corrected chi connectivity index (χ1v) is 6.60. The molecule has 1 N–H and O–H groups in total. The van der Waals surface area contributed by atoms with Gasteiger partial charge in [-0.3, -0.25) is 4.79 Å². The number of amides is 1. The number of hydrogen-bond donors (Lipinski definition) is 1. The van der Waals surface area contributed by atoms with E-state index in [1.54, 1.807) is 0 Å². The van der Waals surface area contributed by atoms with Crippen LogP contribution in [0.3, 0.4) is 0 Å². The van der Waals surface area contributed by atoms with Gasteiger partial charge in [-0.2, -0.15) is 0 Å². The van der Waals surface area contributed by atoms with E-state index in [1.165, 1.54) is 6.42 Å². The summed E-state index contributed by atoms with van der Waals surface area (Å²) in [4.78, 5) is 14.2. The molecule has 0 bridgehead atoms. The average Bonchev–Trinajstić information content (AvgIpc) is 2.25. The number of carbonyl (C=O) groups is 1. The summed E-state index contributed by atoms with van der Waals surface area (Å²) in [5.41, 5.74) is 0. The molecule has 1 heterocycles. The van der Waals surface area contributed by atoms with Crippen molar-refractivity contribution >= 4 is 5.91 Å². The highest BCUT2D eigenvalue weighted by atomic mass is 16.2. The third kappa shape index (κ3) is 3.48. The number of likely N-dealkylation sites (tertiary alicyclic amines) is 1. The Kier molecular flexibility index (Phi) is 5.26. The van der Waals surface area contributed by atoms with Gasteiger partial charge in [-0.15, -0.1) is 0 Å². The third-order valence-corrected chi connectivity index (χ3v) is 3.70. The molecule has 16 heavy (non-hydrogen) atoms. The lowest BCUT2D eigenvalue weighted by Crippen LogP contribution is -2.51. The molecule has 94 valence electrons. The Balaban J connectivity index is 2.44. The number of hydrogen-bond acceptors (Lipinski definition) is 2. The van der Waals surface area contributed by atoms with Gasteiger partial charge in [0.2, 0.25) is 5.91 Å². The summed E-state index contributed by atoms with van der Waals surface area (Å²) < 4.78 is 0.